The smallest absolute Gasteiger partial charge is 0.239 e. The Hall–Kier alpha value is -2.06. The van der Waals surface area contributed by atoms with Crippen molar-refractivity contribution in [3.8, 4) is 6.07 Å². The van der Waals surface area contributed by atoms with Crippen LogP contribution >= 0.6 is 0 Å². The molecule has 2 saturated heterocycles. The van der Waals surface area contributed by atoms with Gasteiger partial charge in [-0.05, 0) is 63.0 Å². The molecule has 2 aliphatic rings. The summed E-state index contributed by atoms with van der Waals surface area (Å²) in [5.41, 5.74) is 1.78. The van der Waals surface area contributed by atoms with Gasteiger partial charge in [-0.3, -0.25) is 4.79 Å². The average Bonchev–Trinajstić information content (AvgIpc) is 2.59. The summed E-state index contributed by atoms with van der Waals surface area (Å²) in [4.78, 5) is 14.6. The Balaban J connectivity index is 1.45. The van der Waals surface area contributed by atoms with Crippen LogP contribution in [-0.2, 0) is 4.79 Å². The van der Waals surface area contributed by atoms with Crippen molar-refractivity contribution in [1.29, 1.82) is 5.26 Å². The van der Waals surface area contributed by atoms with Crippen molar-refractivity contribution in [1.82, 2.24) is 10.2 Å². The molecule has 1 amide bonds. The molecule has 0 saturated carbocycles. The molecule has 2 heterocycles. The van der Waals surface area contributed by atoms with Crippen LogP contribution in [0.1, 0.15) is 31.2 Å². The van der Waals surface area contributed by atoms with E-state index in [0.717, 1.165) is 18.8 Å². The van der Waals surface area contributed by atoms with Crippen LogP contribution in [0.3, 0.4) is 0 Å². The van der Waals surface area contributed by atoms with Crippen molar-refractivity contribution in [2.75, 3.05) is 38.0 Å². The highest BCUT2D eigenvalue weighted by Gasteiger charge is 2.38. The third-order valence-electron chi connectivity index (χ3n) is 5.05. The molecule has 0 spiro atoms. The van der Waals surface area contributed by atoms with Gasteiger partial charge >= 0.3 is 0 Å². The van der Waals surface area contributed by atoms with E-state index in [0.29, 0.717) is 11.0 Å². The molecule has 2 aliphatic heterocycles. The first-order chi connectivity index (χ1) is 11.2. The van der Waals surface area contributed by atoms with Crippen molar-refractivity contribution in [3.05, 3.63) is 29.8 Å². The average molecular weight is 312 g/mol. The van der Waals surface area contributed by atoms with Crippen LogP contribution in [0, 0.1) is 16.7 Å². The number of hydrogen-bond donors (Lipinski definition) is 2. The number of carbonyl (C=O) groups excluding carboxylic acids is 1. The van der Waals surface area contributed by atoms with E-state index < -0.39 is 0 Å². The van der Waals surface area contributed by atoms with Crippen molar-refractivity contribution >= 4 is 11.6 Å². The lowest BCUT2D eigenvalue weighted by Gasteiger charge is -2.47. The monoisotopic (exact) mass is 312 g/mol. The summed E-state index contributed by atoms with van der Waals surface area (Å²) >= 11 is 0. The molecule has 0 radical (unpaired) electrons. The van der Waals surface area contributed by atoms with Crippen LogP contribution in [0.15, 0.2) is 24.3 Å². The number of nitriles is 1. The molecule has 1 aromatic rings. The molecule has 5 nitrogen and oxygen atoms in total. The third kappa shape index (κ3) is 4.02. The van der Waals surface area contributed by atoms with Gasteiger partial charge in [0.05, 0.1) is 18.2 Å². The van der Waals surface area contributed by atoms with Crippen LogP contribution in [0.4, 0.5) is 5.69 Å². The third-order valence-corrected chi connectivity index (χ3v) is 5.05. The fraction of sp³-hybridized carbons (Fsp3) is 0.556. The molecule has 0 atom stereocenters. The topological polar surface area (TPSA) is 68.2 Å². The normalized spacial score (nSPS) is 26.1. The SMILES string of the molecule is N#Cc1ccc(NCC(=O)NCC23CCCN(CCC2)C3)cc1. The summed E-state index contributed by atoms with van der Waals surface area (Å²) < 4.78 is 0. The van der Waals surface area contributed by atoms with Gasteiger partial charge in [0, 0.05) is 24.2 Å². The number of benzene rings is 1. The van der Waals surface area contributed by atoms with Crippen LogP contribution < -0.4 is 10.6 Å². The lowest BCUT2D eigenvalue weighted by atomic mass is 9.73. The predicted octanol–water partition coefficient (Wildman–Crippen LogP) is 1.96. The summed E-state index contributed by atoms with van der Waals surface area (Å²) in [6.45, 7) is 4.63. The highest BCUT2D eigenvalue weighted by Crippen LogP contribution is 2.37. The number of rotatable bonds is 5. The van der Waals surface area contributed by atoms with Crippen LogP contribution in [-0.4, -0.2) is 43.5 Å². The number of fused-ring (bicyclic) bond motifs is 2. The van der Waals surface area contributed by atoms with Gasteiger partial charge in [-0.1, -0.05) is 0 Å². The van der Waals surface area contributed by atoms with E-state index in [1.165, 1.54) is 38.8 Å². The zero-order valence-corrected chi connectivity index (χ0v) is 13.5. The molecule has 23 heavy (non-hydrogen) atoms. The Bertz CT molecular complexity index is 580. The molecule has 122 valence electrons. The number of nitrogens with zero attached hydrogens (tertiary/aromatic N) is 2. The lowest BCUT2D eigenvalue weighted by Crippen LogP contribution is -2.53. The van der Waals surface area contributed by atoms with E-state index >= 15 is 0 Å². The zero-order chi connectivity index (χ0) is 16.1. The van der Waals surface area contributed by atoms with Gasteiger partial charge in [0.2, 0.25) is 5.91 Å². The summed E-state index contributed by atoms with van der Waals surface area (Å²) in [7, 11) is 0. The minimum absolute atomic E-state index is 0.0337. The lowest BCUT2D eigenvalue weighted by molar-refractivity contribution is -0.120. The van der Waals surface area contributed by atoms with Crippen LogP contribution in [0.5, 0.6) is 0 Å². The Labute approximate surface area is 137 Å². The molecule has 2 bridgehead atoms. The molecule has 2 N–H and O–H groups in total. The summed E-state index contributed by atoms with van der Waals surface area (Å²) in [6.07, 6.45) is 4.96. The molecule has 1 aromatic carbocycles. The second-order valence-electron chi connectivity index (χ2n) is 6.80. The number of piperidine rings is 2. The maximum absolute atomic E-state index is 12.1. The molecule has 0 aromatic heterocycles. The van der Waals surface area contributed by atoms with E-state index in [-0.39, 0.29) is 12.5 Å². The number of amides is 1. The first-order valence-electron chi connectivity index (χ1n) is 8.42. The molecule has 0 aliphatic carbocycles. The van der Waals surface area contributed by atoms with Crippen molar-refractivity contribution in [2.45, 2.75) is 25.7 Å². The second kappa shape index (κ2) is 7.01. The largest absolute Gasteiger partial charge is 0.376 e. The minimum atomic E-state index is 0.0337. The standard InChI is InChI=1S/C18H24N4O/c19-11-15-3-5-16(6-4-15)20-12-17(23)21-13-18-7-1-9-22(14-18)10-2-8-18/h3-6,20H,1-2,7-10,12-14H2,(H,21,23). The maximum Gasteiger partial charge on any atom is 0.239 e. The molecular weight excluding hydrogens is 288 g/mol. The van der Waals surface area contributed by atoms with E-state index in [9.17, 15) is 4.79 Å². The fourth-order valence-corrected chi connectivity index (χ4v) is 3.81. The van der Waals surface area contributed by atoms with Crippen molar-refractivity contribution in [3.63, 3.8) is 0 Å². The molecule has 5 heteroatoms. The first-order valence-corrected chi connectivity index (χ1v) is 8.42. The van der Waals surface area contributed by atoms with Gasteiger partial charge in [-0.25, -0.2) is 0 Å². The molecule has 2 fully saturated rings. The maximum atomic E-state index is 12.1. The first kappa shape index (κ1) is 15.8. The van der Waals surface area contributed by atoms with E-state index in [1.807, 2.05) is 12.1 Å². The number of anilines is 1. The van der Waals surface area contributed by atoms with Gasteiger partial charge in [0.25, 0.3) is 0 Å². The molecule has 3 rings (SSSR count). The Morgan fingerprint density at radius 1 is 1.22 bits per heavy atom. The predicted molar refractivity (Wildman–Crippen MR) is 90.0 cm³/mol. The van der Waals surface area contributed by atoms with Gasteiger partial charge in [-0.2, -0.15) is 5.26 Å². The van der Waals surface area contributed by atoms with Gasteiger partial charge in [0.1, 0.15) is 0 Å². The molecule has 0 unspecified atom stereocenters. The van der Waals surface area contributed by atoms with Crippen molar-refractivity contribution < 1.29 is 4.79 Å². The fourth-order valence-electron chi connectivity index (χ4n) is 3.81. The summed E-state index contributed by atoms with van der Waals surface area (Å²) in [5.74, 6) is 0.0337. The molecular formula is C18H24N4O. The Kier molecular flexibility index (Phi) is 4.82. The summed E-state index contributed by atoms with van der Waals surface area (Å²) in [6, 6.07) is 9.23. The zero-order valence-electron chi connectivity index (χ0n) is 13.5. The number of nitrogens with one attached hydrogen (secondary N) is 2. The van der Waals surface area contributed by atoms with Crippen molar-refractivity contribution in [2.24, 2.45) is 5.41 Å². The van der Waals surface area contributed by atoms with E-state index in [1.54, 1.807) is 12.1 Å². The highest BCUT2D eigenvalue weighted by atomic mass is 16.1. The Morgan fingerprint density at radius 2 is 1.91 bits per heavy atom. The van der Waals surface area contributed by atoms with E-state index in [4.69, 9.17) is 5.26 Å². The van der Waals surface area contributed by atoms with Crippen LogP contribution in [0.25, 0.3) is 0 Å². The van der Waals surface area contributed by atoms with Gasteiger partial charge in [-0.15, -0.1) is 0 Å². The number of hydrogen-bond acceptors (Lipinski definition) is 4. The quantitative estimate of drug-likeness (QED) is 0.872. The van der Waals surface area contributed by atoms with E-state index in [2.05, 4.69) is 21.6 Å². The highest BCUT2D eigenvalue weighted by molar-refractivity contribution is 5.80. The van der Waals surface area contributed by atoms with Gasteiger partial charge < -0.3 is 15.5 Å². The minimum Gasteiger partial charge on any atom is -0.376 e. The summed E-state index contributed by atoms with van der Waals surface area (Å²) in [5, 5.41) is 15.0. The van der Waals surface area contributed by atoms with Gasteiger partial charge in [0.15, 0.2) is 0 Å². The second-order valence-corrected chi connectivity index (χ2v) is 6.80. The number of carbonyl (C=O) groups is 1. The van der Waals surface area contributed by atoms with Crippen LogP contribution in [0.2, 0.25) is 0 Å². The Morgan fingerprint density at radius 3 is 2.57 bits per heavy atom.